The highest BCUT2D eigenvalue weighted by Crippen LogP contribution is 2.33. The van der Waals surface area contributed by atoms with E-state index >= 15 is 0 Å². The van der Waals surface area contributed by atoms with Gasteiger partial charge in [0.15, 0.2) is 0 Å². The molecule has 2 aromatic heterocycles. The molecule has 0 saturated carbocycles. The fraction of sp³-hybridized carbons (Fsp3) is 0.250. The molecule has 0 bridgehead atoms. The van der Waals surface area contributed by atoms with Crippen LogP contribution in [0, 0.1) is 6.92 Å². The van der Waals surface area contributed by atoms with Gasteiger partial charge in [0.25, 0.3) is 0 Å². The summed E-state index contributed by atoms with van der Waals surface area (Å²) in [5.74, 6) is 0. The van der Waals surface area contributed by atoms with E-state index in [2.05, 4.69) is 4.72 Å². The number of aliphatic hydroxyl groups is 1. The van der Waals surface area contributed by atoms with E-state index in [9.17, 15) is 13.5 Å². The lowest BCUT2D eigenvalue weighted by Crippen LogP contribution is -2.37. The van der Waals surface area contributed by atoms with Crippen LogP contribution in [0.25, 0.3) is 10.1 Å². The average molecular weight is 368 g/mol. The van der Waals surface area contributed by atoms with E-state index in [0.717, 1.165) is 19.8 Å². The Hall–Kier alpha value is -1.25. The average Bonchev–Trinajstić information content (AvgIpc) is 3.12. The smallest absolute Gasteiger partial charge is 0.250 e. The predicted molar refractivity (Wildman–Crippen MR) is 95.6 cm³/mol. The second-order valence-electron chi connectivity index (χ2n) is 5.61. The molecule has 7 heteroatoms. The summed E-state index contributed by atoms with van der Waals surface area (Å²) in [7, 11) is -3.60. The van der Waals surface area contributed by atoms with Gasteiger partial charge in [-0.05, 0) is 43.5 Å². The molecule has 1 unspecified atom stereocenters. The van der Waals surface area contributed by atoms with Gasteiger partial charge in [0.2, 0.25) is 10.0 Å². The fourth-order valence-electron chi connectivity index (χ4n) is 2.20. The molecule has 2 heterocycles. The van der Waals surface area contributed by atoms with Crippen molar-refractivity contribution >= 4 is 42.8 Å². The van der Waals surface area contributed by atoms with E-state index < -0.39 is 15.6 Å². The molecule has 23 heavy (non-hydrogen) atoms. The van der Waals surface area contributed by atoms with E-state index in [1.165, 1.54) is 22.7 Å². The largest absolute Gasteiger partial charge is 0.383 e. The third kappa shape index (κ3) is 3.49. The van der Waals surface area contributed by atoms with Crippen molar-refractivity contribution in [3.8, 4) is 0 Å². The molecular formula is C16H17NO3S3. The summed E-state index contributed by atoms with van der Waals surface area (Å²) in [6.45, 7) is 3.41. The third-order valence-corrected chi connectivity index (χ3v) is 7.81. The van der Waals surface area contributed by atoms with Crippen molar-refractivity contribution in [2.24, 2.45) is 0 Å². The molecule has 1 aromatic carbocycles. The lowest BCUT2D eigenvalue weighted by molar-refractivity contribution is 0.0667. The number of thiophene rings is 2. The lowest BCUT2D eigenvalue weighted by atomic mass is 10.1. The first-order chi connectivity index (χ1) is 10.8. The molecule has 3 aromatic rings. The molecule has 1 atom stereocenters. The second kappa shape index (κ2) is 5.99. The van der Waals surface area contributed by atoms with Gasteiger partial charge in [0, 0.05) is 21.0 Å². The van der Waals surface area contributed by atoms with Crippen LogP contribution in [-0.4, -0.2) is 20.1 Å². The number of fused-ring (bicyclic) bond motifs is 1. The molecule has 0 spiro atoms. The van der Waals surface area contributed by atoms with E-state index in [0.29, 0.717) is 0 Å². The fourth-order valence-corrected chi connectivity index (χ4v) is 5.76. The van der Waals surface area contributed by atoms with Gasteiger partial charge in [-0.1, -0.05) is 18.2 Å². The van der Waals surface area contributed by atoms with Crippen LogP contribution in [0.5, 0.6) is 0 Å². The number of benzene rings is 1. The maximum atomic E-state index is 12.3. The van der Waals surface area contributed by atoms with E-state index in [-0.39, 0.29) is 10.8 Å². The van der Waals surface area contributed by atoms with Gasteiger partial charge in [0.05, 0.1) is 0 Å². The SMILES string of the molecule is Cc1ccc(S(=O)(=O)NCC(C)(O)c2cc3ccccc3s2)s1. The van der Waals surface area contributed by atoms with E-state index in [4.69, 9.17) is 0 Å². The summed E-state index contributed by atoms with van der Waals surface area (Å²) in [5, 5.41) is 11.7. The zero-order chi connectivity index (χ0) is 16.7. The second-order valence-corrected chi connectivity index (χ2v) is 9.98. The van der Waals surface area contributed by atoms with Crippen LogP contribution < -0.4 is 4.72 Å². The van der Waals surface area contributed by atoms with Crippen molar-refractivity contribution < 1.29 is 13.5 Å². The minimum atomic E-state index is -3.60. The van der Waals surface area contributed by atoms with Gasteiger partial charge < -0.3 is 5.11 Å². The number of hydrogen-bond donors (Lipinski definition) is 2. The first-order valence-electron chi connectivity index (χ1n) is 7.05. The quantitative estimate of drug-likeness (QED) is 0.726. The Kier molecular flexibility index (Phi) is 4.33. The van der Waals surface area contributed by atoms with Crippen LogP contribution in [0.15, 0.2) is 46.7 Å². The van der Waals surface area contributed by atoms with Gasteiger partial charge in [0.1, 0.15) is 9.81 Å². The monoisotopic (exact) mass is 367 g/mol. The summed E-state index contributed by atoms with van der Waals surface area (Å²) in [4.78, 5) is 1.67. The topological polar surface area (TPSA) is 66.4 Å². The minimum absolute atomic E-state index is 0.0703. The molecular weight excluding hydrogens is 350 g/mol. The Balaban J connectivity index is 1.80. The molecule has 0 aliphatic heterocycles. The van der Waals surface area contributed by atoms with Crippen LogP contribution in [0.2, 0.25) is 0 Å². The zero-order valence-corrected chi connectivity index (χ0v) is 15.2. The van der Waals surface area contributed by atoms with Crippen LogP contribution in [0.3, 0.4) is 0 Å². The maximum Gasteiger partial charge on any atom is 0.250 e. The molecule has 0 amide bonds. The molecule has 0 radical (unpaired) electrons. The van der Waals surface area contributed by atoms with Crippen LogP contribution in [-0.2, 0) is 15.6 Å². The molecule has 0 saturated heterocycles. The summed E-state index contributed by atoms with van der Waals surface area (Å²) in [6.07, 6.45) is 0. The number of nitrogens with one attached hydrogen (secondary N) is 1. The number of hydrogen-bond acceptors (Lipinski definition) is 5. The summed E-state index contributed by atoms with van der Waals surface area (Å²) < 4.78 is 28.4. The molecule has 122 valence electrons. The van der Waals surface area contributed by atoms with Crippen molar-refractivity contribution in [2.75, 3.05) is 6.54 Å². The normalized spacial score (nSPS) is 14.9. The van der Waals surface area contributed by atoms with Crippen molar-refractivity contribution in [3.63, 3.8) is 0 Å². The van der Waals surface area contributed by atoms with Crippen molar-refractivity contribution in [3.05, 3.63) is 52.2 Å². The van der Waals surface area contributed by atoms with E-state index in [1.54, 1.807) is 19.1 Å². The highest BCUT2D eigenvalue weighted by molar-refractivity contribution is 7.91. The summed E-state index contributed by atoms with van der Waals surface area (Å²) >= 11 is 2.69. The van der Waals surface area contributed by atoms with Crippen molar-refractivity contribution in [1.82, 2.24) is 4.72 Å². The predicted octanol–water partition coefficient (Wildman–Crippen LogP) is 3.46. The molecule has 0 fully saturated rings. The first-order valence-corrected chi connectivity index (χ1v) is 10.2. The molecule has 0 aliphatic rings. The van der Waals surface area contributed by atoms with Gasteiger partial charge >= 0.3 is 0 Å². The summed E-state index contributed by atoms with van der Waals surface area (Å²) in [5.41, 5.74) is -1.26. The highest BCUT2D eigenvalue weighted by Gasteiger charge is 2.28. The highest BCUT2D eigenvalue weighted by atomic mass is 32.2. The lowest BCUT2D eigenvalue weighted by Gasteiger charge is -2.22. The van der Waals surface area contributed by atoms with Crippen LogP contribution in [0.4, 0.5) is 0 Å². The number of aryl methyl sites for hydroxylation is 1. The Morgan fingerprint density at radius 3 is 2.57 bits per heavy atom. The van der Waals surface area contributed by atoms with Gasteiger partial charge in [-0.3, -0.25) is 0 Å². The minimum Gasteiger partial charge on any atom is -0.383 e. The molecule has 2 N–H and O–H groups in total. The first kappa shape index (κ1) is 16.6. The van der Waals surface area contributed by atoms with Crippen LogP contribution in [0.1, 0.15) is 16.7 Å². The van der Waals surface area contributed by atoms with Gasteiger partial charge in [-0.15, -0.1) is 22.7 Å². The van der Waals surface area contributed by atoms with Crippen molar-refractivity contribution in [1.29, 1.82) is 0 Å². The maximum absolute atomic E-state index is 12.3. The Morgan fingerprint density at radius 1 is 1.17 bits per heavy atom. The molecule has 3 rings (SSSR count). The molecule has 4 nitrogen and oxygen atoms in total. The van der Waals surface area contributed by atoms with Crippen LogP contribution >= 0.6 is 22.7 Å². The Morgan fingerprint density at radius 2 is 1.91 bits per heavy atom. The number of rotatable bonds is 5. The Bertz CT molecular complexity index is 905. The molecule has 0 aliphatic carbocycles. The van der Waals surface area contributed by atoms with Crippen molar-refractivity contribution in [2.45, 2.75) is 23.7 Å². The third-order valence-electron chi connectivity index (χ3n) is 3.54. The zero-order valence-electron chi connectivity index (χ0n) is 12.7. The van der Waals surface area contributed by atoms with Gasteiger partial charge in [-0.25, -0.2) is 13.1 Å². The summed E-state index contributed by atoms with van der Waals surface area (Å²) in [6, 6.07) is 13.1. The van der Waals surface area contributed by atoms with E-state index in [1.807, 2.05) is 37.3 Å². The Labute approximate surface area is 143 Å². The van der Waals surface area contributed by atoms with Gasteiger partial charge in [-0.2, -0.15) is 0 Å². The standard InChI is InChI=1S/C16H17NO3S3/c1-11-7-8-15(21-11)23(19,20)17-10-16(2,18)14-9-12-5-3-4-6-13(12)22-14/h3-9,17-18H,10H2,1-2H3. The number of sulfonamides is 1.